The van der Waals surface area contributed by atoms with E-state index in [1.165, 1.54) is 0 Å². The molecule has 0 aliphatic rings. The molecule has 0 aliphatic heterocycles. The van der Waals surface area contributed by atoms with Crippen molar-refractivity contribution >= 4 is 11.8 Å². The third-order valence-electron chi connectivity index (χ3n) is 1.86. The molecule has 5 heteroatoms. The molecule has 2 amide bonds. The molecule has 0 atom stereocenters. The van der Waals surface area contributed by atoms with Crippen LogP contribution in [0.2, 0.25) is 0 Å². The van der Waals surface area contributed by atoms with E-state index < -0.39 is 0 Å². The third kappa shape index (κ3) is 6.42. The normalized spacial score (nSPS) is 10.2. The molecular formula is C9H19N3O2. The number of hydrogen-bond donors (Lipinski definition) is 2. The number of nitrogens with one attached hydrogen (secondary N) is 1. The predicted octanol–water partition coefficient (Wildman–Crippen LogP) is -0.680. The van der Waals surface area contributed by atoms with E-state index in [0.717, 1.165) is 13.0 Å². The summed E-state index contributed by atoms with van der Waals surface area (Å²) >= 11 is 0. The first-order chi connectivity index (χ1) is 6.60. The molecule has 0 saturated heterocycles. The molecule has 0 radical (unpaired) electrons. The molecule has 14 heavy (non-hydrogen) atoms. The monoisotopic (exact) mass is 201 g/mol. The zero-order valence-electron chi connectivity index (χ0n) is 8.88. The number of primary amides is 1. The quantitative estimate of drug-likeness (QED) is 0.573. The van der Waals surface area contributed by atoms with Gasteiger partial charge in [-0.2, -0.15) is 0 Å². The van der Waals surface area contributed by atoms with Gasteiger partial charge in [-0.05, 0) is 13.0 Å². The topological polar surface area (TPSA) is 75.4 Å². The van der Waals surface area contributed by atoms with E-state index in [2.05, 4.69) is 5.32 Å². The van der Waals surface area contributed by atoms with Crippen molar-refractivity contribution in [1.29, 1.82) is 0 Å². The van der Waals surface area contributed by atoms with Crippen molar-refractivity contribution in [3.05, 3.63) is 0 Å². The lowest BCUT2D eigenvalue weighted by Crippen LogP contribution is -2.37. The van der Waals surface area contributed by atoms with Crippen LogP contribution in [-0.2, 0) is 9.59 Å². The Morgan fingerprint density at radius 3 is 2.43 bits per heavy atom. The lowest BCUT2D eigenvalue weighted by Gasteiger charge is -2.19. The highest BCUT2D eigenvalue weighted by molar-refractivity contribution is 5.78. The Kier molecular flexibility index (Phi) is 6.74. The molecule has 0 spiro atoms. The molecular weight excluding hydrogens is 182 g/mol. The van der Waals surface area contributed by atoms with E-state index in [0.29, 0.717) is 19.5 Å². The van der Waals surface area contributed by atoms with Gasteiger partial charge in [-0.15, -0.1) is 0 Å². The molecule has 0 fully saturated rings. The predicted molar refractivity (Wildman–Crippen MR) is 54.6 cm³/mol. The maximum atomic E-state index is 11.1. The first kappa shape index (κ1) is 12.9. The first-order valence-corrected chi connectivity index (χ1v) is 4.81. The SMILES string of the molecule is CCCN(CCC(N)=O)CC(=O)NC. The van der Waals surface area contributed by atoms with Crippen LogP contribution in [0.3, 0.4) is 0 Å². The molecule has 0 aromatic heterocycles. The van der Waals surface area contributed by atoms with Crippen molar-refractivity contribution in [2.45, 2.75) is 19.8 Å². The third-order valence-corrected chi connectivity index (χ3v) is 1.86. The standard InChI is InChI=1S/C9H19N3O2/c1-3-5-12(6-4-8(10)13)7-9(14)11-2/h3-7H2,1-2H3,(H2,10,13)(H,11,14). The lowest BCUT2D eigenvalue weighted by atomic mass is 10.3. The Morgan fingerprint density at radius 1 is 1.36 bits per heavy atom. The molecule has 0 rings (SSSR count). The zero-order valence-corrected chi connectivity index (χ0v) is 8.88. The Balaban J connectivity index is 3.88. The molecule has 0 heterocycles. The zero-order chi connectivity index (χ0) is 11.0. The van der Waals surface area contributed by atoms with Gasteiger partial charge in [0.1, 0.15) is 0 Å². The second kappa shape index (κ2) is 7.32. The Labute approximate surface area is 84.6 Å². The lowest BCUT2D eigenvalue weighted by molar-refractivity contribution is -0.123. The summed E-state index contributed by atoms with van der Waals surface area (Å²) in [6.07, 6.45) is 1.26. The van der Waals surface area contributed by atoms with Crippen LogP contribution in [0.1, 0.15) is 19.8 Å². The molecule has 3 N–H and O–H groups in total. The van der Waals surface area contributed by atoms with Gasteiger partial charge in [0.05, 0.1) is 6.54 Å². The van der Waals surface area contributed by atoms with E-state index in [9.17, 15) is 9.59 Å². The average Bonchev–Trinajstić information content (AvgIpc) is 2.14. The van der Waals surface area contributed by atoms with Gasteiger partial charge in [-0.25, -0.2) is 0 Å². The van der Waals surface area contributed by atoms with Crippen LogP contribution >= 0.6 is 0 Å². The molecule has 0 saturated carbocycles. The van der Waals surface area contributed by atoms with Crippen LogP contribution in [0.25, 0.3) is 0 Å². The van der Waals surface area contributed by atoms with Crippen LogP contribution in [0, 0.1) is 0 Å². The first-order valence-electron chi connectivity index (χ1n) is 4.81. The van der Waals surface area contributed by atoms with Crippen LogP contribution in [0.15, 0.2) is 0 Å². The van der Waals surface area contributed by atoms with E-state index in [-0.39, 0.29) is 11.8 Å². The van der Waals surface area contributed by atoms with Gasteiger partial charge in [0, 0.05) is 20.0 Å². The van der Waals surface area contributed by atoms with E-state index in [4.69, 9.17) is 5.73 Å². The van der Waals surface area contributed by atoms with Gasteiger partial charge in [0.15, 0.2) is 0 Å². The van der Waals surface area contributed by atoms with E-state index in [1.54, 1.807) is 7.05 Å². The van der Waals surface area contributed by atoms with Gasteiger partial charge in [-0.3, -0.25) is 14.5 Å². The van der Waals surface area contributed by atoms with E-state index >= 15 is 0 Å². The fourth-order valence-corrected chi connectivity index (χ4v) is 1.14. The highest BCUT2D eigenvalue weighted by Gasteiger charge is 2.09. The Hall–Kier alpha value is -1.10. The number of rotatable bonds is 7. The largest absolute Gasteiger partial charge is 0.370 e. The molecule has 5 nitrogen and oxygen atoms in total. The van der Waals surface area contributed by atoms with Gasteiger partial charge in [-0.1, -0.05) is 6.92 Å². The van der Waals surface area contributed by atoms with Crippen molar-refractivity contribution in [2.75, 3.05) is 26.7 Å². The fourth-order valence-electron chi connectivity index (χ4n) is 1.14. The minimum Gasteiger partial charge on any atom is -0.370 e. The van der Waals surface area contributed by atoms with Crippen LogP contribution in [0.5, 0.6) is 0 Å². The van der Waals surface area contributed by atoms with Crippen molar-refractivity contribution in [3.8, 4) is 0 Å². The summed E-state index contributed by atoms with van der Waals surface area (Å²) in [4.78, 5) is 23.6. The van der Waals surface area contributed by atoms with Crippen molar-refractivity contribution in [3.63, 3.8) is 0 Å². The number of carbonyl (C=O) groups is 2. The summed E-state index contributed by atoms with van der Waals surface area (Å²) in [5.74, 6) is -0.370. The second-order valence-electron chi connectivity index (χ2n) is 3.17. The van der Waals surface area contributed by atoms with Crippen molar-refractivity contribution in [1.82, 2.24) is 10.2 Å². The highest BCUT2D eigenvalue weighted by Crippen LogP contribution is 1.93. The Morgan fingerprint density at radius 2 is 2.00 bits per heavy atom. The maximum absolute atomic E-state index is 11.1. The van der Waals surface area contributed by atoms with Crippen LogP contribution in [0.4, 0.5) is 0 Å². The number of hydrogen-bond acceptors (Lipinski definition) is 3. The minimum atomic E-state index is -0.331. The number of amides is 2. The van der Waals surface area contributed by atoms with Crippen molar-refractivity contribution < 1.29 is 9.59 Å². The Bertz CT molecular complexity index is 194. The van der Waals surface area contributed by atoms with Crippen molar-refractivity contribution in [2.24, 2.45) is 5.73 Å². The van der Waals surface area contributed by atoms with Gasteiger partial charge in [0.25, 0.3) is 0 Å². The van der Waals surface area contributed by atoms with Crippen LogP contribution in [-0.4, -0.2) is 43.4 Å². The molecule has 0 unspecified atom stereocenters. The number of nitrogens with two attached hydrogens (primary N) is 1. The fraction of sp³-hybridized carbons (Fsp3) is 0.778. The van der Waals surface area contributed by atoms with Crippen LogP contribution < -0.4 is 11.1 Å². The summed E-state index contributed by atoms with van der Waals surface area (Å²) in [5.41, 5.74) is 5.03. The van der Waals surface area contributed by atoms with Gasteiger partial charge in [0.2, 0.25) is 11.8 Å². The summed E-state index contributed by atoms with van der Waals surface area (Å²) in [6.45, 7) is 3.72. The summed E-state index contributed by atoms with van der Waals surface area (Å²) < 4.78 is 0. The number of likely N-dealkylation sites (N-methyl/N-ethyl adjacent to an activating group) is 1. The highest BCUT2D eigenvalue weighted by atomic mass is 16.2. The molecule has 82 valence electrons. The molecule has 0 bridgehead atoms. The molecule has 0 aliphatic carbocycles. The van der Waals surface area contributed by atoms with E-state index in [1.807, 2.05) is 11.8 Å². The summed E-state index contributed by atoms with van der Waals surface area (Å²) in [5, 5.41) is 2.54. The smallest absolute Gasteiger partial charge is 0.233 e. The molecule has 0 aromatic carbocycles. The van der Waals surface area contributed by atoms with Gasteiger partial charge >= 0.3 is 0 Å². The summed E-state index contributed by atoms with van der Waals surface area (Å²) in [7, 11) is 1.60. The average molecular weight is 201 g/mol. The molecule has 0 aromatic rings. The number of carbonyl (C=O) groups excluding carboxylic acids is 2. The number of nitrogens with zero attached hydrogens (tertiary/aromatic N) is 1. The maximum Gasteiger partial charge on any atom is 0.233 e. The second-order valence-corrected chi connectivity index (χ2v) is 3.17. The minimum absolute atomic E-state index is 0.0390. The van der Waals surface area contributed by atoms with Gasteiger partial charge < -0.3 is 11.1 Å². The summed E-state index contributed by atoms with van der Waals surface area (Å²) in [6, 6.07) is 0.